The fourth-order valence-corrected chi connectivity index (χ4v) is 11.1. The van der Waals surface area contributed by atoms with Crippen LogP contribution in [0, 0.1) is 18.8 Å². The molecule has 4 aliphatic rings. The number of nitrogens with one attached hydrogen (secondary N) is 2. The Hall–Kier alpha value is -8.56. The predicted molar refractivity (Wildman–Crippen MR) is 332 cm³/mol. The molecule has 8 rings (SSSR count). The molecule has 0 aromatic heterocycles. The number of nitrogens with zero attached hydrogens (tertiary/aromatic N) is 4. The lowest BCUT2D eigenvalue weighted by Crippen LogP contribution is -2.49. The van der Waals surface area contributed by atoms with Crippen molar-refractivity contribution in [1.29, 1.82) is 0 Å². The van der Waals surface area contributed by atoms with Gasteiger partial charge in [0.15, 0.2) is 23.1 Å². The van der Waals surface area contributed by atoms with E-state index in [0.717, 1.165) is 22.3 Å². The summed E-state index contributed by atoms with van der Waals surface area (Å²) in [5.41, 5.74) is 18.5. The van der Waals surface area contributed by atoms with Crippen molar-refractivity contribution in [3.63, 3.8) is 0 Å². The van der Waals surface area contributed by atoms with Crippen LogP contribution < -0.4 is 46.1 Å². The highest BCUT2D eigenvalue weighted by Crippen LogP contribution is 2.41. The van der Waals surface area contributed by atoms with Crippen molar-refractivity contribution in [3.05, 3.63) is 136 Å². The van der Waals surface area contributed by atoms with E-state index in [4.69, 9.17) is 35.2 Å². The number of aryl methyl sites for hydroxylation is 1. The predicted octanol–water partition coefficient (Wildman–Crippen LogP) is 7.69. The van der Waals surface area contributed by atoms with Crippen LogP contribution in [-0.2, 0) is 54.7 Å². The first-order valence-corrected chi connectivity index (χ1v) is 30.2. The number of carbonyl (C=O) groups is 8. The average molecular weight is 1210 g/mol. The number of anilines is 2. The molecule has 0 spiro atoms. The van der Waals surface area contributed by atoms with Gasteiger partial charge in [-0.05, 0) is 105 Å². The van der Waals surface area contributed by atoms with Crippen LogP contribution in [0.3, 0.4) is 0 Å². The van der Waals surface area contributed by atoms with E-state index >= 15 is 0 Å². The molecule has 88 heavy (non-hydrogen) atoms. The second-order valence-corrected chi connectivity index (χ2v) is 24.2. The van der Waals surface area contributed by atoms with Crippen LogP contribution in [0.4, 0.5) is 21.0 Å². The van der Waals surface area contributed by atoms with Crippen molar-refractivity contribution in [2.24, 2.45) is 23.3 Å². The van der Waals surface area contributed by atoms with Gasteiger partial charge in [0.1, 0.15) is 19.0 Å². The normalized spacial score (nSPS) is 17.6. The zero-order valence-electron chi connectivity index (χ0n) is 51.8. The number of unbranched alkanes of at least 4 members (excludes halogenated alkanes) is 2. The quantitative estimate of drug-likeness (QED) is 0.0366. The van der Waals surface area contributed by atoms with Crippen LogP contribution in [0.5, 0.6) is 17.2 Å². The van der Waals surface area contributed by atoms with E-state index in [-0.39, 0.29) is 110 Å². The third kappa shape index (κ3) is 15.8. The zero-order chi connectivity index (χ0) is 63.7. The van der Waals surface area contributed by atoms with E-state index in [9.17, 15) is 38.4 Å². The molecule has 21 heteroatoms. The van der Waals surface area contributed by atoms with Gasteiger partial charge in [-0.1, -0.05) is 101 Å². The Morgan fingerprint density at radius 1 is 0.568 bits per heavy atom. The van der Waals surface area contributed by atoms with Crippen LogP contribution in [-0.4, -0.2) is 140 Å². The van der Waals surface area contributed by atoms with E-state index in [1.54, 1.807) is 96.4 Å². The van der Waals surface area contributed by atoms with Gasteiger partial charge in [0, 0.05) is 38.1 Å². The van der Waals surface area contributed by atoms with E-state index < -0.39 is 36.4 Å². The molecule has 6 N–H and O–H groups in total. The topological polar surface area (TPSA) is 272 Å². The van der Waals surface area contributed by atoms with Crippen LogP contribution >= 0.6 is 0 Å². The lowest BCUT2D eigenvalue weighted by Gasteiger charge is -2.26. The standard InChI is InChI=1S/C67H84N8O13/c1-38(2)60(68)62(78)70-43(8)55(76)27-45-14-18-47(19-15-45)36-87-66(82)74-34-49-24-40(5)32-72(49)64(80)51-26-42(7)57(30-53(51)74)85-22-12-11-13-23-86-59-31-54-52(29-58(59)84-10)65(81)73-33-41(6)25-50(73)35-75(54)67(83)88-37-48-20-16-46(17-21-48)28-56(77)44(9)71-63(79)61(69)39(3)4/h14-21,26,29-31,38-39,43-44,49-50,60-61H,5-6,11-13,22-25,27-28,32-37,68-69H2,1-4,7-10H3,(H,70,78)(H,71,79)/t43-,44-,49-,50-,60-,61-/m0/s1. The first kappa shape index (κ1) is 65.4. The van der Waals surface area contributed by atoms with E-state index in [1.165, 1.54) is 16.9 Å². The Morgan fingerprint density at radius 2 is 0.966 bits per heavy atom. The molecular weight excluding hydrogens is 1120 g/mol. The number of benzene rings is 4. The molecule has 2 saturated heterocycles. The highest BCUT2D eigenvalue weighted by molar-refractivity contribution is 6.07. The van der Waals surface area contributed by atoms with Crippen molar-refractivity contribution in [3.8, 4) is 17.2 Å². The number of hydrogen-bond donors (Lipinski definition) is 4. The van der Waals surface area contributed by atoms with Gasteiger partial charge in [-0.25, -0.2) is 9.59 Å². The number of nitrogens with two attached hydrogens (primary N) is 2. The Bertz CT molecular complexity index is 3310. The van der Waals surface area contributed by atoms with E-state index in [0.29, 0.717) is 103 Å². The van der Waals surface area contributed by atoms with Gasteiger partial charge >= 0.3 is 12.2 Å². The molecule has 6 amide bonds. The number of carbonyl (C=O) groups excluding carboxylic acids is 8. The molecule has 4 aromatic rings. The summed E-state index contributed by atoms with van der Waals surface area (Å²) in [6.07, 6.45) is 1.84. The van der Waals surface area contributed by atoms with Crippen LogP contribution in [0.15, 0.2) is 97.1 Å². The molecule has 0 bridgehead atoms. The second kappa shape index (κ2) is 29.0. The number of ether oxygens (including phenoxy) is 5. The van der Waals surface area contributed by atoms with Crippen molar-refractivity contribution >= 4 is 58.8 Å². The van der Waals surface area contributed by atoms with Crippen molar-refractivity contribution in [2.45, 2.75) is 143 Å². The Morgan fingerprint density at radius 3 is 1.39 bits per heavy atom. The van der Waals surface area contributed by atoms with Gasteiger partial charge in [-0.3, -0.25) is 38.6 Å². The minimum absolute atomic E-state index is 0.0692. The Kier molecular flexibility index (Phi) is 21.5. The summed E-state index contributed by atoms with van der Waals surface area (Å²) in [5.74, 6) is -0.588. The monoisotopic (exact) mass is 1210 g/mol. The number of hydrogen-bond acceptors (Lipinski definition) is 15. The molecule has 470 valence electrons. The number of amides is 6. The summed E-state index contributed by atoms with van der Waals surface area (Å²) in [5, 5.41) is 5.40. The maximum absolute atomic E-state index is 14.2. The largest absolute Gasteiger partial charge is 0.493 e. The molecule has 0 aliphatic carbocycles. The number of fused-ring (bicyclic) bond motifs is 4. The lowest BCUT2D eigenvalue weighted by atomic mass is 10.0. The number of methoxy groups -OCH3 is 1. The van der Waals surface area contributed by atoms with E-state index in [2.05, 4.69) is 23.8 Å². The average Bonchev–Trinajstić information content (AvgIpc) is 2.26. The summed E-state index contributed by atoms with van der Waals surface area (Å²) in [7, 11) is 1.48. The lowest BCUT2D eigenvalue weighted by molar-refractivity contribution is -0.128. The van der Waals surface area contributed by atoms with Gasteiger partial charge in [0.2, 0.25) is 11.8 Å². The summed E-state index contributed by atoms with van der Waals surface area (Å²) in [6.45, 7) is 22.2. The van der Waals surface area contributed by atoms with Crippen molar-refractivity contribution in [1.82, 2.24) is 20.4 Å². The molecular formula is C67H84N8O13. The fraction of sp³-hybridized carbons (Fsp3) is 0.463. The van der Waals surface area contributed by atoms with E-state index in [1.807, 2.05) is 34.6 Å². The van der Waals surface area contributed by atoms with Gasteiger partial charge in [0.25, 0.3) is 11.8 Å². The molecule has 21 nitrogen and oxygen atoms in total. The minimum atomic E-state index is -0.726. The Balaban J connectivity index is 0.866. The molecule has 2 fully saturated rings. The van der Waals surface area contributed by atoms with Crippen LogP contribution in [0.1, 0.15) is 122 Å². The summed E-state index contributed by atoms with van der Waals surface area (Å²) >= 11 is 0. The maximum atomic E-state index is 14.2. The molecule has 0 unspecified atom stereocenters. The fourth-order valence-electron chi connectivity index (χ4n) is 11.1. The van der Waals surface area contributed by atoms with Crippen LogP contribution in [0.25, 0.3) is 0 Å². The summed E-state index contributed by atoms with van der Waals surface area (Å²) in [4.78, 5) is 114. The van der Waals surface area contributed by atoms with Gasteiger partial charge < -0.3 is 55.6 Å². The van der Waals surface area contributed by atoms with Crippen LogP contribution in [0.2, 0.25) is 0 Å². The highest BCUT2D eigenvalue weighted by atomic mass is 16.6. The second-order valence-electron chi connectivity index (χ2n) is 24.2. The molecule has 6 atom stereocenters. The molecule has 0 radical (unpaired) electrons. The Labute approximate surface area is 515 Å². The van der Waals surface area contributed by atoms with Gasteiger partial charge in [0.05, 0.1) is 92.2 Å². The van der Waals surface area contributed by atoms with Crippen molar-refractivity contribution in [2.75, 3.05) is 56.3 Å². The zero-order valence-corrected chi connectivity index (χ0v) is 51.8. The van der Waals surface area contributed by atoms with Gasteiger partial charge in [-0.15, -0.1) is 0 Å². The highest BCUT2D eigenvalue weighted by Gasteiger charge is 2.42. The summed E-state index contributed by atoms with van der Waals surface area (Å²) in [6, 6.07) is 17.4. The third-order valence-electron chi connectivity index (χ3n) is 16.6. The first-order valence-electron chi connectivity index (χ1n) is 30.2. The maximum Gasteiger partial charge on any atom is 0.414 e. The number of ketones is 2. The SMILES string of the molecule is C=C1C[C@H]2CN(C(=O)OCc3ccc(CC(=O)[C@H](C)NC(=O)[C@@H](N)C(C)C)cc3)c3cc(OCCCCCOc4cc5c(cc4OC)C(=O)N4CC(=C)C[C@H]4CN5C(=O)OCc4ccc(CC(=O)[C@H](C)NC(=O)[C@@H](N)C(C)C)cc4)c(C)cc3C(=O)N2C1. The third-order valence-corrected chi connectivity index (χ3v) is 16.6. The first-order chi connectivity index (χ1) is 41.9. The molecule has 0 saturated carbocycles. The molecule has 4 heterocycles. The number of Topliss-reactive ketones (excluding diaryl/α,β-unsaturated/α-hetero) is 2. The minimum Gasteiger partial charge on any atom is -0.493 e. The summed E-state index contributed by atoms with van der Waals surface area (Å²) < 4.78 is 30.2. The molecule has 4 aromatic carbocycles. The van der Waals surface area contributed by atoms with Gasteiger partial charge in [-0.2, -0.15) is 0 Å². The molecule has 4 aliphatic heterocycles. The number of rotatable bonds is 25. The van der Waals surface area contributed by atoms with Crippen molar-refractivity contribution < 1.29 is 62.0 Å². The smallest absolute Gasteiger partial charge is 0.414 e.